The Labute approximate surface area is 187 Å². The first-order valence-corrected chi connectivity index (χ1v) is 11.7. The maximum Gasteiger partial charge on any atom is 0.257 e. The number of aryl methyl sites for hydroxylation is 1. The van der Waals surface area contributed by atoms with Gasteiger partial charge in [0.15, 0.2) is 5.60 Å². The lowest BCUT2D eigenvalue weighted by Crippen LogP contribution is -2.59. The molecule has 3 aromatic rings. The van der Waals surface area contributed by atoms with Crippen molar-refractivity contribution in [3.05, 3.63) is 87.9 Å². The number of hydrogen-bond donors (Lipinski definition) is 0. The van der Waals surface area contributed by atoms with Crippen LogP contribution in [0, 0.1) is 6.92 Å². The second-order valence-electron chi connectivity index (χ2n) is 8.59. The summed E-state index contributed by atoms with van der Waals surface area (Å²) in [6.07, 6.45) is 3.67. The highest BCUT2D eigenvalue weighted by Gasteiger charge is 2.56. The summed E-state index contributed by atoms with van der Waals surface area (Å²) in [4.78, 5) is 22.5. The van der Waals surface area contributed by atoms with Gasteiger partial charge in [0.05, 0.1) is 6.61 Å². The Morgan fingerprint density at radius 2 is 2.13 bits per heavy atom. The largest absolute Gasteiger partial charge is 0.361 e. The molecule has 2 aliphatic rings. The van der Waals surface area contributed by atoms with Crippen molar-refractivity contribution in [2.75, 3.05) is 26.2 Å². The first-order chi connectivity index (χ1) is 15.1. The monoisotopic (exact) mass is 433 g/mol. The third-order valence-corrected chi connectivity index (χ3v) is 7.09. The second-order valence-corrected chi connectivity index (χ2v) is 9.37. The average molecular weight is 434 g/mol. The summed E-state index contributed by atoms with van der Waals surface area (Å²) in [6.45, 7) is 6.13. The lowest BCUT2D eigenvalue weighted by molar-refractivity contribution is -0.173. The minimum absolute atomic E-state index is 0.0382. The number of amides is 1. The number of carbonyl (C=O) groups is 1. The molecule has 5 rings (SSSR count). The zero-order valence-corrected chi connectivity index (χ0v) is 18.6. The maximum absolute atomic E-state index is 13.9. The number of thiophene rings is 1. The van der Waals surface area contributed by atoms with E-state index in [1.807, 2.05) is 17.2 Å². The van der Waals surface area contributed by atoms with Gasteiger partial charge in [-0.1, -0.05) is 35.9 Å². The van der Waals surface area contributed by atoms with Crippen molar-refractivity contribution in [2.24, 2.45) is 0 Å². The number of nitrogens with zero attached hydrogens (tertiary/aromatic N) is 3. The standard InChI is InChI=1S/C25H27N3O2S/c1-19-4-2-5-20(12-19)14-27-16-23(22-6-3-8-26-13-22)25(18-27)24(29)28(9-10-30-25)15-21-7-11-31-17-21/h2-8,11-13,17,23H,9-10,14-16,18H2,1H3/t23-,25+/m1/s1. The molecule has 2 saturated heterocycles. The van der Waals surface area contributed by atoms with Crippen LogP contribution < -0.4 is 0 Å². The number of pyridine rings is 1. The van der Waals surface area contributed by atoms with Crippen LogP contribution in [0.2, 0.25) is 0 Å². The molecular formula is C25H27N3O2S. The summed E-state index contributed by atoms with van der Waals surface area (Å²) >= 11 is 1.67. The van der Waals surface area contributed by atoms with Crippen molar-refractivity contribution in [3.8, 4) is 0 Å². The zero-order chi connectivity index (χ0) is 21.3. The van der Waals surface area contributed by atoms with E-state index in [9.17, 15) is 4.79 Å². The molecule has 0 saturated carbocycles. The van der Waals surface area contributed by atoms with E-state index in [1.165, 1.54) is 16.7 Å². The number of hydrogen-bond acceptors (Lipinski definition) is 5. The Balaban J connectivity index is 1.45. The number of carbonyl (C=O) groups excluding carboxylic acids is 1. The summed E-state index contributed by atoms with van der Waals surface area (Å²) < 4.78 is 6.39. The number of benzene rings is 1. The molecule has 0 N–H and O–H groups in total. The third kappa shape index (κ3) is 4.03. The molecule has 0 aliphatic carbocycles. The average Bonchev–Trinajstić information content (AvgIpc) is 3.41. The van der Waals surface area contributed by atoms with Gasteiger partial charge in [-0.05, 0) is 46.5 Å². The molecule has 0 bridgehead atoms. The van der Waals surface area contributed by atoms with Crippen molar-refractivity contribution in [2.45, 2.75) is 31.5 Å². The van der Waals surface area contributed by atoms with E-state index in [2.05, 4.69) is 64.0 Å². The summed E-state index contributed by atoms with van der Waals surface area (Å²) in [7, 11) is 0. The molecule has 1 spiro atoms. The Bertz CT molecular complexity index is 1040. The van der Waals surface area contributed by atoms with Gasteiger partial charge in [-0.2, -0.15) is 11.3 Å². The van der Waals surface area contributed by atoms with Crippen LogP contribution in [0.4, 0.5) is 0 Å². The quantitative estimate of drug-likeness (QED) is 0.613. The van der Waals surface area contributed by atoms with E-state index in [0.29, 0.717) is 26.2 Å². The SMILES string of the molecule is Cc1cccc(CN2C[C@H](c3cccnc3)[C@]3(C2)OCCN(Cc2ccsc2)C3=O)c1. The van der Waals surface area contributed by atoms with Crippen LogP contribution in [0.5, 0.6) is 0 Å². The van der Waals surface area contributed by atoms with Crippen molar-refractivity contribution in [3.63, 3.8) is 0 Å². The highest BCUT2D eigenvalue weighted by atomic mass is 32.1. The molecule has 31 heavy (non-hydrogen) atoms. The summed E-state index contributed by atoms with van der Waals surface area (Å²) in [5.74, 6) is 0.0642. The lowest BCUT2D eigenvalue weighted by atomic mass is 9.83. The van der Waals surface area contributed by atoms with E-state index in [0.717, 1.165) is 18.7 Å². The molecule has 5 nitrogen and oxygen atoms in total. The number of rotatable bonds is 5. The molecule has 0 unspecified atom stereocenters. The second kappa shape index (κ2) is 8.54. The van der Waals surface area contributed by atoms with E-state index >= 15 is 0 Å². The van der Waals surface area contributed by atoms with Crippen LogP contribution in [0.3, 0.4) is 0 Å². The van der Waals surface area contributed by atoms with E-state index in [4.69, 9.17) is 4.74 Å². The van der Waals surface area contributed by atoms with Crippen molar-refractivity contribution in [1.29, 1.82) is 0 Å². The van der Waals surface area contributed by atoms with E-state index in [-0.39, 0.29) is 11.8 Å². The molecule has 2 atom stereocenters. The van der Waals surface area contributed by atoms with Crippen LogP contribution in [0.15, 0.2) is 65.6 Å². The number of morpholine rings is 1. The Morgan fingerprint density at radius 1 is 1.19 bits per heavy atom. The smallest absolute Gasteiger partial charge is 0.257 e. The predicted molar refractivity (Wildman–Crippen MR) is 122 cm³/mol. The number of aromatic nitrogens is 1. The highest BCUT2D eigenvalue weighted by Crippen LogP contribution is 2.42. The highest BCUT2D eigenvalue weighted by molar-refractivity contribution is 7.07. The van der Waals surface area contributed by atoms with Gasteiger partial charge in [0, 0.05) is 51.0 Å². The Kier molecular flexibility index (Phi) is 5.61. The summed E-state index contributed by atoms with van der Waals surface area (Å²) in [5.41, 5.74) is 3.91. The van der Waals surface area contributed by atoms with Crippen molar-refractivity contribution < 1.29 is 9.53 Å². The first kappa shape index (κ1) is 20.4. The Morgan fingerprint density at radius 3 is 2.90 bits per heavy atom. The van der Waals surface area contributed by atoms with Crippen molar-refractivity contribution in [1.82, 2.24) is 14.8 Å². The van der Waals surface area contributed by atoms with Gasteiger partial charge in [0.25, 0.3) is 5.91 Å². The molecule has 2 aliphatic heterocycles. The third-order valence-electron chi connectivity index (χ3n) is 6.36. The fraction of sp³-hybridized carbons (Fsp3) is 0.360. The first-order valence-electron chi connectivity index (χ1n) is 10.8. The fourth-order valence-electron chi connectivity index (χ4n) is 4.94. The van der Waals surface area contributed by atoms with Gasteiger partial charge in [-0.15, -0.1) is 0 Å². The molecule has 2 fully saturated rings. The topological polar surface area (TPSA) is 45.7 Å². The zero-order valence-electron chi connectivity index (χ0n) is 17.7. The van der Waals surface area contributed by atoms with Crippen molar-refractivity contribution >= 4 is 17.2 Å². The molecule has 6 heteroatoms. The molecule has 0 radical (unpaired) electrons. The maximum atomic E-state index is 13.9. The van der Waals surface area contributed by atoms with Gasteiger partial charge in [-0.25, -0.2) is 0 Å². The van der Waals surface area contributed by atoms with Gasteiger partial charge in [-0.3, -0.25) is 14.7 Å². The van der Waals surface area contributed by atoms with Gasteiger partial charge in [0.2, 0.25) is 0 Å². The normalized spacial score (nSPS) is 24.2. The summed E-state index contributed by atoms with van der Waals surface area (Å²) in [5, 5.41) is 4.18. The van der Waals surface area contributed by atoms with Crippen LogP contribution in [0.1, 0.15) is 28.2 Å². The van der Waals surface area contributed by atoms with Gasteiger partial charge in [0.1, 0.15) is 0 Å². The minimum atomic E-state index is -0.860. The van der Waals surface area contributed by atoms with E-state index in [1.54, 1.807) is 17.5 Å². The molecule has 160 valence electrons. The molecule has 2 aromatic heterocycles. The van der Waals surface area contributed by atoms with Crippen LogP contribution in [-0.2, 0) is 22.6 Å². The van der Waals surface area contributed by atoms with Crippen LogP contribution >= 0.6 is 11.3 Å². The number of ether oxygens (including phenoxy) is 1. The molecule has 4 heterocycles. The Hall–Kier alpha value is -2.54. The number of likely N-dealkylation sites (tertiary alicyclic amines) is 1. The van der Waals surface area contributed by atoms with Gasteiger partial charge < -0.3 is 9.64 Å². The predicted octanol–water partition coefficient (Wildman–Crippen LogP) is 3.85. The van der Waals surface area contributed by atoms with E-state index < -0.39 is 5.60 Å². The van der Waals surface area contributed by atoms with Crippen LogP contribution in [0.25, 0.3) is 0 Å². The molecule has 1 amide bonds. The summed E-state index contributed by atoms with van der Waals surface area (Å²) in [6, 6.07) is 14.7. The fourth-order valence-corrected chi connectivity index (χ4v) is 5.60. The lowest BCUT2D eigenvalue weighted by Gasteiger charge is -2.42. The molecule has 1 aromatic carbocycles. The minimum Gasteiger partial charge on any atom is -0.361 e. The van der Waals surface area contributed by atoms with Crippen LogP contribution in [-0.4, -0.2) is 52.5 Å². The van der Waals surface area contributed by atoms with Gasteiger partial charge >= 0.3 is 0 Å². The molecular weight excluding hydrogens is 406 g/mol.